The van der Waals surface area contributed by atoms with E-state index in [-0.39, 0.29) is 17.9 Å². The topological polar surface area (TPSA) is 51.2 Å². The molecule has 1 aromatic heterocycles. The van der Waals surface area contributed by atoms with Crippen molar-refractivity contribution in [3.05, 3.63) is 94.7 Å². The van der Waals surface area contributed by atoms with Crippen LogP contribution in [-0.2, 0) is 11.2 Å². The van der Waals surface area contributed by atoms with Crippen LogP contribution < -0.4 is 10.1 Å². The minimum Gasteiger partial charge on any atom is -0.461 e. The van der Waals surface area contributed by atoms with E-state index < -0.39 is 5.60 Å². The molecule has 2 atom stereocenters. The molecule has 0 bridgehead atoms. The van der Waals surface area contributed by atoms with E-state index in [1.165, 1.54) is 0 Å². The molecule has 0 saturated carbocycles. The van der Waals surface area contributed by atoms with E-state index in [4.69, 9.17) is 27.9 Å². The van der Waals surface area contributed by atoms with Crippen molar-refractivity contribution < 1.29 is 9.53 Å². The number of nitrogens with zero attached hydrogens (tertiary/aromatic N) is 1. The molecular weight excluding hydrogens is 443 g/mol. The van der Waals surface area contributed by atoms with Crippen LogP contribution in [0.2, 0.25) is 10.2 Å². The number of aromatic nitrogens is 1. The maximum Gasteiger partial charge on any atom is 0.263 e. The van der Waals surface area contributed by atoms with Gasteiger partial charge in [0.05, 0.1) is 0 Å². The standard InChI is InChI=1S/C26H30Cl2N2O2/c1-6-9-20(10-7-2)22(17-19-13-15-21(27)16-14-19)18(3)29-25(31)26(4,5)32-24-12-8-11-23(28)30-24/h6-16,18,22H,1,17H2,2-5H3,(H,29,31)/b10-7-,20-9+/t18-,22?/m0/s1. The molecule has 1 unspecified atom stereocenters. The molecular formula is C26H30Cl2N2O2. The Hall–Kier alpha value is -2.56. The third-order valence-electron chi connectivity index (χ3n) is 5.02. The van der Waals surface area contributed by atoms with E-state index in [2.05, 4.69) is 16.9 Å². The largest absolute Gasteiger partial charge is 0.461 e. The van der Waals surface area contributed by atoms with E-state index in [1.54, 1.807) is 38.1 Å². The van der Waals surface area contributed by atoms with Crippen molar-refractivity contribution in [3.63, 3.8) is 0 Å². The van der Waals surface area contributed by atoms with Gasteiger partial charge in [-0.3, -0.25) is 4.79 Å². The first-order chi connectivity index (χ1) is 15.2. The SMILES string of the molecule is C=C/C=C(\C=C/C)C(Cc1ccc(Cl)cc1)[C@H](C)NC(=O)C(C)(C)Oc1cccc(Cl)n1. The van der Waals surface area contributed by atoms with E-state index in [9.17, 15) is 4.79 Å². The average molecular weight is 473 g/mol. The number of nitrogens with one attached hydrogen (secondary N) is 1. The molecule has 4 nitrogen and oxygen atoms in total. The van der Waals surface area contributed by atoms with Crippen molar-refractivity contribution in [1.29, 1.82) is 0 Å². The number of carbonyl (C=O) groups is 1. The van der Waals surface area contributed by atoms with Gasteiger partial charge < -0.3 is 10.1 Å². The number of pyridine rings is 1. The quantitative estimate of drug-likeness (QED) is 0.313. The number of hydrogen-bond acceptors (Lipinski definition) is 3. The van der Waals surface area contributed by atoms with Crippen LogP contribution >= 0.6 is 23.2 Å². The second-order valence-electron chi connectivity index (χ2n) is 8.01. The lowest BCUT2D eigenvalue weighted by Crippen LogP contribution is -2.51. The van der Waals surface area contributed by atoms with Crippen molar-refractivity contribution in [2.45, 2.75) is 45.8 Å². The van der Waals surface area contributed by atoms with Gasteiger partial charge >= 0.3 is 0 Å². The fourth-order valence-electron chi connectivity index (χ4n) is 3.32. The Morgan fingerprint density at radius 3 is 2.50 bits per heavy atom. The molecule has 0 saturated heterocycles. The first-order valence-electron chi connectivity index (χ1n) is 10.5. The van der Waals surface area contributed by atoms with Gasteiger partial charge in [-0.25, -0.2) is 4.98 Å². The summed E-state index contributed by atoms with van der Waals surface area (Å²) in [6, 6.07) is 12.6. The lowest BCUT2D eigenvalue weighted by molar-refractivity contribution is -0.135. The molecule has 0 aliphatic rings. The molecule has 1 aromatic carbocycles. The summed E-state index contributed by atoms with van der Waals surface area (Å²) in [7, 11) is 0. The van der Waals surface area contributed by atoms with E-state index in [1.807, 2.05) is 56.3 Å². The Kier molecular flexibility index (Phi) is 9.55. The Morgan fingerprint density at radius 2 is 1.91 bits per heavy atom. The van der Waals surface area contributed by atoms with Crippen molar-refractivity contribution in [2.24, 2.45) is 5.92 Å². The average Bonchev–Trinajstić information content (AvgIpc) is 2.73. The van der Waals surface area contributed by atoms with Crippen LogP contribution in [0.4, 0.5) is 0 Å². The monoisotopic (exact) mass is 472 g/mol. The summed E-state index contributed by atoms with van der Waals surface area (Å²) < 4.78 is 5.84. The minimum atomic E-state index is -1.14. The van der Waals surface area contributed by atoms with Crippen LogP contribution in [0.15, 0.2) is 78.9 Å². The van der Waals surface area contributed by atoms with Crippen LogP contribution in [0.25, 0.3) is 0 Å². The molecule has 1 heterocycles. The maximum atomic E-state index is 13.1. The normalized spacial score (nSPS) is 14.1. The molecule has 1 N–H and O–H groups in total. The molecule has 2 rings (SSSR count). The molecule has 0 aliphatic heterocycles. The van der Waals surface area contributed by atoms with E-state index in [0.717, 1.165) is 17.6 Å². The van der Waals surface area contributed by atoms with Gasteiger partial charge in [0.25, 0.3) is 5.91 Å². The third-order valence-corrected chi connectivity index (χ3v) is 5.49. The van der Waals surface area contributed by atoms with Crippen LogP contribution in [0.1, 0.15) is 33.3 Å². The summed E-state index contributed by atoms with van der Waals surface area (Å²) in [6.45, 7) is 11.2. The van der Waals surface area contributed by atoms with Crippen LogP contribution in [0.5, 0.6) is 5.88 Å². The zero-order chi connectivity index (χ0) is 23.7. The number of amides is 1. The van der Waals surface area contributed by atoms with Crippen LogP contribution in [-0.4, -0.2) is 22.5 Å². The molecule has 0 spiro atoms. The fourth-order valence-corrected chi connectivity index (χ4v) is 3.61. The van der Waals surface area contributed by atoms with Crippen LogP contribution in [0, 0.1) is 5.92 Å². The number of rotatable bonds is 10. The Balaban J connectivity index is 2.24. The van der Waals surface area contributed by atoms with Gasteiger partial charge in [-0.15, -0.1) is 0 Å². The van der Waals surface area contributed by atoms with Crippen molar-refractivity contribution in [2.75, 3.05) is 0 Å². The summed E-state index contributed by atoms with van der Waals surface area (Å²) in [4.78, 5) is 17.3. The molecule has 1 amide bonds. The van der Waals surface area contributed by atoms with Gasteiger partial charge in [0.1, 0.15) is 5.15 Å². The van der Waals surface area contributed by atoms with Crippen LogP contribution in [0.3, 0.4) is 0 Å². The van der Waals surface area contributed by atoms with Crippen molar-refractivity contribution in [3.8, 4) is 5.88 Å². The van der Waals surface area contributed by atoms with Gasteiger partial charge in [-0.2, -0.15) is 0 Å². The molecule has 0 radical (unpaired) electrons. The second kappa shape index (κ2) is 11.9. The molecule has 6 heteroatoms. The smallest absolute Gasteiger partial charge is 0.263 e. The Labute approximate surface area is 201 Å². The predicted octanol–water partition coefficient (Wildman–Crippen LogP) is 6.60. The summed E-state index contributed by atoms with van der Waals surface area (Å²) in [6.07, 6.45) is 8.48. The molecule has 0 fully saturated rings. The first kappa shape index (κ1) is 25.7. The Morgan fingerprint density at radius 1 is 1.22 bits per heavy atom. The number of halogens is 2. The zero-order valence-corrected chi connectivity index (χ0v) is 20.5. The molecule has 0 aliphatic carbocycles. The third kappa shape index (κ3) is 7.54. The van der Waals surface area contributed by atoms with Gasteiger partial charge in [0, 0.05) is 23.0 Å². The van der Waals surface area contributed by atoms with Gasteiger partial charge in [-0.1, -0.05) is 72.3 Å². The molecule has 170 valence electrons. The summed E-state index contributed by atoms with van der Waals surface area (Å²) in [5, 5.41) is 4.12. The first-order valence-corrected chi connectivity index (χ1v) is 11.2. The van der Waals surface area contributed by atoms with E-state index in [0.29, 0.717) is 16.1 Å². The molecule has 32 heavy (non-hydrogen) atoms. The van der Waals surface area contributed by atoms with Crippen molar-refractivity contribution in [1.82, 2.24) is 10.3 Å². The summed E-state index contributed by atoms with van der Waals surface area (Å²) in [5.41, 5.74) is 1.05. The summed E-state index contributed by atoms with van der Waals surface area (Å²) in [5.74, 6) is 0.0601. The number of carbonyl (C=O) groups excluding carboxylic acids is 1. The van der Waals surface area contributed by atoms with Gasteiger partial charge in [0.2, 0.25) is 5.88 Å². The zero-order valence-electron chi connectivity index (χ0n) is 18.9. The van der Waals surface area contributed by atoms with Gasteiger partial charge in [-0.05, 0) is 63.5 Å². The maximum absolute atomic E-state index is 13.1. The number of ether oxygens (including phenoxy) is 1. The van der Waals surface area contributed by atoms with Crippen molar-refractivity contribution >= 4 is 29.1 Å². The minimum absolute atomic E-state index is 0.00872. The fraction of sp³-hybridized carbons (Fsp3) is 0.308. The predicted molar refractivity (Wildman–Crippen MR) is 133 cm³/mol. The number of hydrogen-bond donors (Lipinski definition) is 1. The lowest BCUT2D eigenvalue weighted by Gasteiger charge is -2.31. The number of benzene rings is 1. The Bertz CT molecular complexity index is 982. The summed E-state index contributed by atoms with van der Waals surface area (Å²) >= 11 is 12.0. The van der Waals surface area contributed by atoms with Gasteiger partial charge in [0.15, 0.2) is 5.60 Å². The highest BCUT2D eigenvalue weighted by atomic mass is 35.5. The highest BCUT2D eigenvalue weighted by molar-refractivity contribution is 6.30. The van der Waals surface area contributed by atoms with E-state index >= 15 is 0 Å². The lowest BCUT2D eigenvalue weighted by atomic mass is 9.85. The molecule has 2 aromatic rings. The second-order valence-corrected chi connectivity index (χ2v) is 8.84. The number of allylic oxidation sites excluding steroid dienone is 4. The highest BCUT2D eigenvalue weighted by Crippen LogP contribution is 2.25. The highest BCUT2D eigenvalue weighted by Gasteiger charge is 2.33.